The molecule has 166 valence electrons. The molecule has 0 saturated carbocycles. The van der Waals surface area contributed by atoms with E-state index in [1.165, 1.54) is 4.90 Å². The maximum absolute atomic E-state index is 13.3. The fraction of sp³-hybridized carbons (Fsp3) is 0.250. The molecule has 3 aromatic rings. The van der Waals surface area contributed by atoms with Gasteiger partial charge in [-0.25, -0.2) is 4.79 Å². The van der Waals surface area contributed by atoms with Gasteiger partial charge in [-0.1, -0.05) is 23.7 Å². The molecule has 0 fully saturated rings. The summed E-state index contributed by atoms with van der Waals surface area (Å²) in [5.74, 6) is -1.17. The lowest BCUT2D eigenvalue weighted by atomic mass is 10.0. The average molecular weight is 454 g/mol. The number of benzene rings is 1. The van der Waals surface area contributed by atoms with E-state index in [0.717, 1.165) is 5.56 Å². The monoisotopic (exact) mass is 453 g/mol. The second-order valence-electron chi connectivity index (χ2n) is 7.27. The first-order valence-electron chi connectivity index (χ1n) is 10.2. The number of rotatable bonds is 8. The van der Waals surface area contributed by atoms with E-state index in [0.29, 0.717) is 27.4 Å². The smallest absolute Gasteiger partial charge is 0.355 e. The lowest BCUT2D eigenvalue weighted by molar-refractivity contribution is 0.0519. The average Bonchev–Trinajstić information content (AvgIpc) is 3.08. The summed E-state index contributed by atoms with van der Waals surface area (Å²) in [5, 5.41) is 0.309. The highest BCUT2D eigenvalue weighted by molar-refractivity contribution is 6.33. The van der Waals surface area contributed by atoms with E-state index >= 15 is 0 Å². The SMILES string of the molecule is CCOC(=O)c1[nH]c(C)c(C(=O)CN(Cc2ccncc2)C(=O)c2ccccc2Cl)c1C. The molecule has 0 radical (unpaired) electrons. The minimum atomic E-state index is -0.520. The highest BCUT2D eigenvalue weighted by atomic mass is 35.5. The van der Waals surface area contributed by atoms with Crippen LogP contribution in [0.4, 0.5) is 0 Å². The summed E-state index contributed by atoms with van der Waals surface area (Å²) in [7, 11) is 0. The van der Waals surface area contributed by atoms with Gasteiger partial charge in [-0.05, 0) is 56.2 Å². The van der Waals surface area contributed by atoms with Crippen molar-refractivity contribution in [3.8, 4) is 0 Å². The van der Waals surface area contributed by atoms with Crippen LogP contribution >= 0.6 is 11.6 Å². The Hall–Kier alpha value is -3.45. The van der Waals surface area contributed by atoms with E-state index < -0.39 is 5.97 Å². The molecule has 0 unspecified atom stereocenters. The number of pyridine rings is 1. The first-order chi connectivity index (χ1) is 15.3. The zero-order chi connectivity index (χ0) is 23.3. The van der Waals surface area contributed by atoms with Crippen LogP contribution in [0.2, 0.25) is 5.02 Å². The number of amides is 1. The molecule has 1 aromatic carbocycles. The minimum Gasteiger partial charge on any atom is -0.461 e. The molecule has 1 amide bonds. The van der Waals surface area contributed by atoms with Crippen molar-refractivity contribution < 1.29 is 19.1 Å². The summed E-state index contributed by atoms with van der Waals surface area (Å²) in [6, 6.07) is 10.3. The predicted octanol–water partition coefficient (Wildman–Crippen LogP) is 4.38. The van der Waals surface area contributed by atoms with Gasteiger partial charge in [0, 0.05) is 30.2 Å². The van der Waals surface area contributed by atoms with Gasteiger partial charge in [-0.3, -0.25) is 14.6 Å². The normalized spacial score (nSPS) is 10.6. The van der Waals surface area contributed by atoms with Crippen molar-refractivity contribution in [3.05, 3.63) is 87.5 Å². The Kier molecular flexibility index (Phi) is 7.43. The molecule has 7 nitrogen and oxygen atoms in total. The van der Waals surface area contributed by atoms with E-state index in [-0.39, 0.29) is 37.1 Å². The van der Waals surface area contributed by atoms with Gasteiger partial charge < -0.3 is 14.6 Å². The molecule has 2 aromatic heterocycles. The Morgan fingerprint density at radius 3 is 2.44 bits per heavy atom. The van der Waals surface area contributed by atoms with Crippen LogP contribution in [0.15, 0.2) is 48.8 Å². The lowest BCUT2D eigenvalue weighted by Crippen LogP contribution is -2.35. The number of halogens is 1. The van der Waals surface area contributed by atoms with Gasteiger partial charge in [0.15, 0.2) is 5.78 Å². The molecule has 0 atom stereocenters. The second kappa shape index (κ2) is 10.2. The van der Waals surface area contributed by atoms with Crippen molar-refractivity contribution in [1.82, 2.24) is 14.9 Å². The molecule has 32 heavy (non-hydrogen) atoms. The lowest BCUT2D eigenvalue weighted by Gasteiger charge is -2.23. The van der Waals surface area contributed by atoms with Crippen LogP contribution in [0.25, 0.3) is 0 Å². The third kappa shape index (κ3) is 5.06. The zero-order valence-corrected chi connectivity index (χ0v) is 18.9. The van der Waals surface area contributed by atoms with E-state index in [4.69, 9.17) is 16.3 Å². The third-order valence-electron chi connectivity index (χ3n) is 5.04. The van der Waals surface area contributed by atoms with Crippen LogP contribution in [0.5, 0.6) is 0 Å². The second-order valence-corrected chi connectivity index (χ2v) is 7.67. The van der Waals surface area contributed by atoms with Crippen LogP contribution in [-0.4, -0.2) is 45.7 Å². The Morgan fingerprint density at radius 2 is 1.78 bits per heavy atom. The molecule has 2 heterocycles. The summed E-state index contributed by atoms with van der Waals surface area (Å²) < 4.78 is 5.06. The molecule has 0 aliphatic carbocycles. The Bertz CT molecular complexity index is 1140. The number of esters is 1. The number of aromatic nitrogens is 2. The number of H-pyrrole nitrogens is 1. The number of aromatic amines is 1. The standard InChI is InChI=1S/C24H24ClN3O4/c1-4-32-24(31)22-15(2)21(16(3)27-22)20(29)14-28(13-17-9-11-26-12-10-17)23(30)18-7-5-6-8-19(18)25/h5-12,27H,4,13-14H2,1-3H3. The van der Waals surface area contributed by atoms with Crippen molar-refractivity contribution >= 4 is 29.3 Å². The number of nitrogens with one attached hydrogen (secondary N) is 1. The van der Waals surface area contributed by atoms with E-state index in [1.807, 2.05) is 0 Å². The van der Waals surface area contributed by atoms with Gasteiger partial charge in [0.05, 0.1) is 23.7 Å². The minimum absolute atomic E-state index is 0.186. The Balaban J connectivity index is 1.93. The fourth-order valence-electron chi connectivity index (χ4n) is 3.54. The summed E-state index contributed by atoms with van der Waals surface area (Å²) >= 11 is 6.24. The maximum atomic E-state index is 13.3. The van der Waals surface area contributed by atoms with Gasteiger partial charge in [-0.2, -0.15) is 0 Å². The maximum Gasteiger partial charge on any atom is 0.355 e. The van der Waals surface area contributed by atoms with E-state index in [2.05, 4.69) is 9.97 Å². The first-order valence-corrected chi connectivity index (χ1v) is 10.5. The molecule has 0 spiro atoms. The van der Waals surface area contributed by atoms with Gasteiger partial charge in [0.25, 0.3) is 5.91 Å². The number of ketones is 1. The van der Waals surface area contributed by atoms with Crippen molar-refractivity contribution in [2.24, 2.45) is 0 Å². The fourth-order valence-corrected chi connectivity index (χ4v) is 3.76. The van der Waals surface area contributed by atoms with E-state index in [1.54, 1.807) is 69.6 Å². The first kappa shape index (κ1) is 23.2. The molecular weight excluding hydrogens is 430 g/mol. The molecule has 0 aliphatic rings. The Labute approximate surface area is 191 Å². The van der Waals surface area contributed by atoms with Crippen LogP contribution in [0, 0.1) is 13.8 Å². The summed E-state index contributed by atoms with van der Waals surface area (Å²) in [4.78, 5) is 47.2. The van der Waals surface area contributed by atoms with Crippen LogP contribution in [0.1, 0.15) is 54.9 Å². The Morgan fingerprint density at radius 1 is 1.09 bits per heavy atom. The molecular formula is C24H24ClN3O4. The molecule has 0 saturated heterocycles. The van der Waals surface area contributed by atoms with Crippen molar-refractivity contribution in [3.63, 3.8) is 0 Å². The summed E-state index contributed by atoms with van der Waals surface area (Å²) in [5.41, 5.74) is 2.80. The molecule has 1 N–H and O–H groups in total. The van der Waals surface area contributed by atoms with Crippen LogP contribution < -0.4 is 0 Å². The number of nitrogens with zero attached hydrogens (tertiary/aromatic N) is 2. The number of carbonyl (C=O) groups is 3. The molecule has 3 rings (SSSR count). The zero-order valence-electron chi connectivity index (χ0n) is 18.1. The molecule has 8 heteroatoms. The highest BCUT2D eigenvalue weighted by Gasteiger charge is 2.27. The topological polar surface area (TPSA) is 92.4 Å². The van der Waals surface area contributed by atoms with Crippen LogP contribution in [-0.2, 0) is 11.3 Å². The summed E-state index contributed by atoms with van der Waals surface area (Å²) in [6.45, 7) is 5.36. The number of carbonyl (C=O) groups excluding carboxylic acids is 3. The number of Topliss-reactive ketones (excluding diaryl/α,β-unsaturated/α-hetero) is 1. The van der Waals surface area contributed by atoms with Gasteiger partial charge in [-0.15, -0.1) is 0 Å². The summed E-state index contributed by atoms with van der Waals surface area (Å²) in [6.07, 6.45) is 3.25. The highest BCUT2D eigenvalue weighted by Crippen LogP contribution is 2.22. The van der Waals surface area contributed by atoms with Gasteiger partial charge in [0.1, 0.15) is 5.69 Å². The third-order valence-corrected chi connectivity index (χ3v) is 5.37. The number of ether oxygens (including phenoxy) is 1. The van der Waals surface area contributed by atoms with Gasteiger partial charge >= 0.3 is 5.97 Å². The van der Waals surface area contributed by atoms with Crippen LogP contribution in [0.3, 0.4) is 0 Å². The van der Waals surface area contributed by atoms with Gasteiger partial charge in [0.2, 0.25) is 0 Å². The number of aryl methyl sites for hydroxylation is 1. The van der Waals surface area contributed by atoms with Crippen molar-refractivity contribution in [1.29, 1.82) is 0 Å². The predicted molar refractivity (Wildman–Crippen MR) is 121 cm³/mol. The van der Waals surface area contributed by atoms with Crippen molar-refractivity contribution in [2.75, 3.05) is 13.2 Å². The number of hydrogen-bond donors (Lipinski definition) is 1. The molecule has 0 bridgehead atoms. The van der Waals surface area contributed by atoms with E-state index in [9.17, 15) is 14.4 Å². The largest absolute Gasteiger partial charge is 0.461 e. The quantitative estimate of drug-likeness (QED) is 0.403. The molecule has 0 aliphatic heterocycles. The van der Waals surface area contributed by atoms with Crippen molar-refractivity contribution in [2.45, 2.75) is 27.3 Å². The number of hydrogen-bond acceptors (Lipinski definition) is 5.